The maximum atomic E-state index is 11.0. The minimum atomic E-state index is -3.29. The number of carbonyl (C=O) groups is 1. The van der Waals surface area contributed by atoms with Crippen LogP contribution >= 0.6 is 0 Å². The van der Waals surface area contributed by atoms with E-state index in [1.165, 1.54) is 12.2 Å². The van der Waals surface area contributed by atoms with Crippen LogP contribution in [0.25, 0.3) is 0 Å². The maximum absolute atomic E-state index is 11.0. The molecule has 0 aliphatic rings. The average molecular weight is 314 g/mol. The highest BCUT2D eigenvalue weighted by atomic mass is 16.6. The van der Waals surface area contributed by atoms with Crippen LogP contribution in [0.5, 0.6) is 0 Å². The van der Waals surface area contributed by atoms with Gasteiger partial charge in [-0.1, -0.05) is 39.8 Å². The van der Waals surface area contributed by atoms with E-state index >= 15 is 0 Å². The molecule has 0 aromatic rings. The third kappa shape index (κ3) is 4.04. The summed E-state index contributed by atoms with van der Waals surface area (Å²) in [5.41, 5.74) is -1.54. The zero-order valence-corrected chi connectivity index (χ0v) is 14.0. The SMILES string of the molecule is C=CCC(CC=C)(C(C)CC(C)(C)C)C(O)(O)C(O)(O)C=O. The molecule has 1 unspecified atom stereocenters. The van der Waals surface area contributed by atoms with Gasteiger partial charge in [0.15, 0.2) is 6.29 Å². The highest BCUT2D eigenvalue weighted by Gasteiger charge is 2.62. The zero-order chi connectivity index (χ0) is 17.8. The van der Waals surface area contributed by atoms with Crippen LogP contribution in [0.3, 0.4) is 0 Å². The van der Waals surface area contributed by atoms with Gasteiger partial charge in [0, 0.05) is 5.41 Å². The standard InChI is InChI=1S/C17H30O5/c1-7-9-15(10-8-2,13(3)11-14(4,5)6)17(21,22)16(19,20)12-18/h7-8,12-13,19-22H,1-2,9-11H2,3-6H3. The van der Waals surface area contributed by atoms with Gasteiger partial charge in [0.1, 0.15) is 0 Å². The average Bonchev–Trinajstić information content (AvgIpc) is 2.35. The molecule has 0 rings (SSSR count). The van der Waals surface area contributed by atoms with Crippen LogP contribution in [0.2, 0.25) is 0 Å². The zero-order valence-electron chi connectivity index (χ0n) is 14.0. The van der Waals surface area contributed by atoms with E-state index in [4.69, 9.17) is 0 Å². The van der Waals surface area contributed by atoms with Gasteiger partial charge in [-0.3, -0.25) is 4.79 Å². The number of aliphatic hydroxyl groups is 4. The Morgan fingerprint density at radius 2 is 1.41 bits per heavy atom. The lowest BCUT2D eigenvalue weighted by atomic mass is 9.60. The maximum Gasteiger partial charge on any atom is 0.277 e. The molecule has 0 radical (unpaired) electrons. The largest absolute Gasteiger partial charge is 0.361 e. The molecule has 22 heavy (non-hydrogen) atoms. The Morgan fingerprint density at radius 3 is 1.68 bits per heavy atom. The predicted molar refractivity (Wildman–Crippen MR) is 85.7 cm³/mol. The smallest absolute Gasteiger partial charge is 0.277 e. The number of hydrogen-bond acceptors (Lipinski definition) is 5. The number of rotatable bonds is 9. The van der Waals surface area contributed by atoms with Crippen molar-refractivity contribution in [3.63, 3.8) is 0 Å². The first-order valence-electron chi connectivity index (χ1n) is 7.39. The summed E-state index contributed by atoms with van der Waals surface area (Å²) in [4.78, 5) is 11.0. The second-order valence-electron chi connectivity index (χ2n) is 7.32. The Hall–Kier alpha value is -1.01. The molecule has 0 aromatic carbocycles. The molecule has 0 bridgehead atoms. The van der Waals surface area contributed by atoms with Gasteiger partial charge >= 0.3 is 0 Å². The van der Waals surface area contributed by atoms with Gasteiger partial charge < -0.3 is 20.4 Å². The molecule has 0 fully saturated rings. The van der Waals surface area contributed by atoms with Crippen molar-refractivity contribution in [1.29, 1.82) is 0 Å². The monoisotopic (exact) mass is 314 g/mol. The van der Waals surface area contributed by atoms with E-state index in [9.17, 15) is 25.2 Å². The van der Waals surface area contributed by atoms with Gasteiger partial charge in [0.05, 0.1) is 0 Å². The van der Waals surface area contributed by atoms with Crippen molar-refractivity contribution < 1.29 is 25.2 Å². The lowest BCUT2D eigenvalue weighted by molar-refractivity contribution is -0.384. The first-order valence-corrected chi connectivity index (χ1v) is 7.39. The fraction of sp³-hybridized carbons (Fsp3) is 0.706. The molecule has 0 saturated heterocycles. The van der Waals surface area contributed by atoms with Gasteiger partial charge in [-0.05, 0) is 30.6 Å². The Kier molecular flexibility index (Phi) is 6.72. The Bertz CT molecular complexity index is 394. The third-order valence-electron chi connectivity index (χ3n) is 4.25. The summed E-state index contributed by atoms with van der Waals surface area (Å²) in [7, 11) is 0. The van der Waals surface area contributed by atoms with Crippen molar-refractivity contribution in [3.8, 4) is 0 Å². The van der Waals surface area contributed by atoms with Crippen LogP contribution in [0.1, 0.15) is 47.0 Å². The quantitative estimate of drug-likeness (QED) is 0.295. The van der Waals surface area contributed by atoms with E-state index in [1.54, 1.807) is 6.92 Å². The van der Waals surface area contributed by atoms with Crippen molar-refractivity contribution in [1.82, 2.24) is 0 Å². The fourth-order valence-electron chi connectivity index (χ4n) is 3.19. The van der Waals surface area contributed by atoms with Crippen molar-refractivity contribution in [2.24, 2.45) is 16.7 Å². The van der Waals surface area contributed by atoms with Gasteiger partial charge in [-0.25, -0.2) is 0 Å². The summed E-state index contributed by atoms with van der Waals surface area (Å²) in [5.74, 6) is -6.68. The lowest BCUT2D eigenvalue weighted by Crippen LogP contribution is -2.67. The van der Waals surface area contributed by atoms with Crippen molar-refractivity contribution in [2.75, 3.05) is 0 Å². The highest BCUT2D eigenvalue weighted by Crippen LogP contribution is 2.51. The van der Waals surface area contributed by atoms with Crippen molar-refractivity contribution in [2.45, 2.75) is 58.5 Å². The number of allylic oxidation sites excluding steroid dienone is 2. The molecule has 0 amide bonds. The van der Waals surface area contributed by atoms with Crippen LogP contribution in [-0.2, 0) is 4.79 Å². The molecule has 0 aliphatic carbocycles. The number of hydrogen-bond donors (Lipinski definition) is 4. The number of aldehydes is 1. The molecule has 0 aliphatic heterocycles. The van der Waals surface area contributed by atoms with E-state index in [0.717, 1.165) is 0 Å². The Balaban J connectivity index is 6.13. The summed E-state index contributed by atoms with van der Waals surface area (Å²) in [6, 6.07) is 0. The van der Waals surface area contributed by atoms with E-state index in [2.05, 4.69) is 13.2 Å². The minimum Gasteiger partial charge on any atom is -0.361 e. The number of carbonyl (C=O) groups excluding carboxylic acids is 1. The summed E-state index contributed by atoms with van der Waals surface area (Å²) < 4.78 is 0. The van der Waals surface area contributed by atoms with Crippen molar-refractivity contribution in [3.05, 3.63) is 25.3 Å². The van der Waals surface area contributed by atoms with Crippen LogP contribution in [-0.4, -0.2) is 38.3 Å². The van der Waals surface area contributed by atoms with E-state index < -0.39 is 17.0 Å². The van der Waals surface area contributed by atoms with Gasteiger partial charge in [-0.15, -0.1) is 13.2 Å². The molecule has 5 nitrogen and oxygen atoms in total. The topological polar surface area (TPSA) is 98.0 Å². The second kappa shape index (κ2) is 7.04. The van der Waals surface area contributed by atoms with Gasteiger partial charge in [-0.2, -0.15) is 0 Å². The van der Waals surface area contributed by atoms with Crippen LogP contribution in [0.4, 0.5) is 0 Å². The molecule has 1 atom stereocenters. The molecule has 0 saturated carbocycles. The van der Waals surface area contributed by atoms with Gasteiger partial charge in [0.25, 0.3) is 5.79 Å². The van der Waals surface area contributed by atoms with Crippen molar-refractivity contribution >= 4 is 6.29 Å². The van der Waals surface area contributed by atoms with Crippen LogP contribution in [0, 0.1) is 16.7 Å². The second-order valence-corrected chi connectivity index (χ2v) is 7.32. The highest BCUT2D eigenvalue weighted by molar-refractivity contribution is 5.61. The molecule has 0 heterocycles. The molecule has 4 N–H and O–H groups in total. The summed E-state index contributed by atoms with van der Waals surface area (Å²) in [5, 5.41) is 40.6. The van der Waals surface area contributed by atoms with E-state index in [-0.39, 0.29) is 30.5 Å². The molecule has 0 aromatic heterocycles. The molecule has 128 valence electrons. The van der Waals surface area contributed by atoms with Crippen LogP contribution in [0.15, 0.2) is 25.3 Å². The fourth-order valence-corrected chi connectivity index (χ4v) is 3.19. The van der Waals surface area contributed by atoms with Crippen LogP contribution < -0.4 is 0 Å². The normalized spacial score (nSPS) is 15.3. The lowest BCUT2D eigenvalue weighted by Gasteiger charge is -2.51. The summed E-state index contributed by atoms with van der Waals surface area (Å²) >= 11 is 0. The summed E-state index contributed by atoms with van der Waals surface area (Å²) in [6.07, 6.45) is 3.43. The van der Waals surface area contributed by atoms with E-state index in [1.807, 2.05) is 20.8 Å². The molecular formula is C17H30O5. The first-order chi connectivity index (χ1) is 9.81. The van der Waals surface area contributed by atoms with E-state index in [0.29, 0.717) is 6.42 Å². The molecule has 0 spiro atoms. The summed E-state index contributed by atoms with van der Waals surface area (Å²) in [6.45, 7) is 15.0. The predicted octanol–water partition coefficient (Wildman–Crippen LogP) is 1.76. The first kappa shape index (κ1) is 21.0. The molecule has 5 heteroatoms. The Labute approximate surface area is 133 Å². The Morgan fingerprint density at radius 1 is 1.00 bits per heavy atom. The third-order valence-corrected chi connectivity index (χ3v) is 4.25. The molecular weight excluding hydrogens is 284 g/mol. The minimum absolute atomic E-state index is 0.0833. The van der Waals surface area contributed by atoms with Gasteiger partial charge in [0.2, 0.25) is 5.79 Å².